The van der Waals surface area contributed by atoms with Crippen molar-refractivity contribution in [1.82, 2.24) is 0 Å². The standard InChI is InChI=1S/C22H25Cl2NO4S/c1-2-28-22(27)20-15-7-4-3-5-8-18(15)30-21(20)25-19(26)9-6-12-29-17-11-10-14(23)13-16(17)24/h10-11,13H,2-9,12H2,1H3,(H,25,26). The van der Waals surface area contributed by atoms with Gasteiger partial charge in [-0.3, -0.25) is 4.79 Å². The van der Waals surface area contributed by atoms with Gasteiger partial charge < -0.3 is 14.8 Å². The Hall–Kier alpha value is -1.76. The number of anilines is 1. The van der Waals surface area contributed by atoms with Gasteiger partial charge in [0.25, 0.3) is 0 Å². The van der Waals surface area contributed by atoms with E-state index in [1.165, 1.54) is 16.2 Å². The van der Waals surface area contributed by atoms with Crippen molar-refractivity contribution in [1.29, 1.82) is 0 Å². The highest BCUT2D eigenvalue weighted by Gasteiger charge is 2.26. The minimum atomic E-state index is -0.354. The van der Waals surface area contributed by atoms with E-state index in [0.29, 0.717) is 46.0 Å². The number of halogens is 2. The molecule has 1 aromatic carbocycles. The Kier molecular flexibility index (Phi) is 8.42. The summed E-state index contributed by atoms with van der Waals surface area (Å²) in [5, 5.41) is 4.50. The molecule has 3 rings (SSSR count). The van der Waals surface area contributed by atoms with Gasteiger partial charge in [0.1, 0.15) is 10.8 Å². The molecule has 2 aromatic rings. The van der Waals surface area contributed by atoms with E-state index in [-0.39, 0.29) is 18.3 Å². The maximum Gasteiger partial charge on any atom is 0.341 e. The minimum absolute atomic E-state index is 0.150. The van der Waals surface area contributed by atoms with Crippen LogP contribution in [0.25, 0.3) is 0 Å². The third-order valence-corrected chi connectivity index (χ3v) is 6.59. The maximum atomic E-state index is 12.6. The zero-order valence-electron chi connectivity index (χ0n) is 16.9. The number of carbonyl (C=O) groups is 2. The van der Waals surface area contributed by atoms with Gasteiger partial charge in [-0.2, -0.15) is 0 Å². The molecule has 1 aromatic heterocycles. The first-order valence-electron chi connectivity index (χ1n) is 10.2. The molecule has 0 unspecified atom stereocenters. The number of benzene rings is 1. The fourth-order valence-electron chi connectivity index (χ4n) is 3.45. The Balaban J connectivity index is 1.59. The molecule has 0 spiro atoms. The van der Waals surface area contributed by atoms with Gasteiger partial charge in [0.05, 0.1) is 23.8 Å². The monoisotopic (exact) mass is 469 g/mol. The van der Waals surface area contributed by atoms with Crippen LogP contribution in [-0.2, 0) is 22.4 Å². The molecule has 0 saturated heterocycles. The molecule has 0 atom stereocenters. The first kappa shape index (κ1) is 22.9. The Labute approximate surface area is 190 Å². The first-order valence-corrected chi connectivity index (χ1v) is 11.8. The number of carbonyl (C=O) groups excluding carboxylic acids is 2. The van der Waals surface area contributed by atoms with Gasteiger partial charge in [0.15, 0.2) is 0 Å². The molecule has 0 fully saturated rings. The van der Waals surface area contributed by atoms with Crippen molar-refractivity contribution in [3.63, 3.8) is 0 Å². The Morgan fingerprint density at radius 2 is 1.97 bits per heavy atom. The summed E-state index contributed by atoms with van der Waals surface area (Å²) in [6.45, 7) is 2.44. The van der Waals surface area contributed by atoms with Crippen LogP contribution in [0.4, 0.5) is 5.00 Å². The van der Waals surface area contributed by atoms with E-state index in [2.05, 4.69) is 5.32 Å². The Morgan fingerprint density at radius 3 is 2.73 bits per heavy atom. The number of nitrogens with one attached hydrogen (secondary N) is 1. The molecule has 8 heteroatoms. The summed E-state index contributed by atoms with van der Waals surface area (Å²) in [7, 11) is 0. The molecule has 0 saturated carbocycles. The highest BCUT2D eigenvalue weighted by molar-refractivity contribution is 7.17. The molecule has 1 aliphatic rings. The van der Waals surface area contributed by atoms with E-state index in [9.17, 15) is 9.59 Å². The zero-order valence-corrected chi connectivity index (χ0v) is 19.2. The second-order valence-electron chi connectivity index (χ2n) is 7.06. The van der Waals surface area contributed by atoms with Gasteiger partial charge in [-0.25, -0.2) is 4.79 Å². The molecular weight excluding hydrogens is 445 g/mol. The summed E-state index contributed by atoms with van der Waals surface area (Å²) in [5.74, 6) is 0.0312. The van der Waals surface area contributed by atoms with Gasteiger partial charge in [0.2, 0.25) is 5.91 Å². The first-order chi connectivity index (χ1) is 14.5. The molecule has 0 bridgehead atoms. The Morgan fingerprint density at radius 1 is 1.17 bits per heavy atom. The summed E-state index contributed by atoms with van der Waals surface area (Å²) in [4.78, 5) is 26.2. The van der Waals surface area contributed by atoms with Crippen LogP contribution in [0, 0.1) is 0 Å². The normalized spacial score (nSPS) is 13.3. The summed E-state index contributed by atoms with van der Waals surface area (Å²) >= 11 is 13.5. The van der Waals surface area contributed by atoms with E-state index < -0.39 is 0 Å². The second kappa shape index (κ2) is 11.0. The van der Waals surface area contributed by atoms with Crippen LogP contribution < -0.4 is 10.1 Å². The van der Waals surface area contributed by atoms with E-state index in [1.54, 1.807) is 25.1 Å². The fraction of sp³-hybridized carbons (Fsp3) is 0.455. The molecule has 162 valence electrons. The molecule has 5 nitrogen and oxygen atoms in total. The molecule has 1 heterocycles. The van der Waals surface area contributed by atoms with Crippen LogP contribution in [0.2, 0.25) is 10.0 Å². The van der Waals surface area contributed by atoms with E-state index in [1.807, 2.05) is 0 Å². The predicted molar refractivity (Wildman–Crippen MR) is 121 cm³/mol. The summed E-state index contributed by atoms with van der Waals surface area (Å²) in [5.41, 5.74) is 1.59. The lowest BCUT2D eigenvalue weighted by atomic mass is 10.1. The SMILES string of the molecule is CCOC(=O)c1c(NC(=O)CCCOc2ccc(Cl)cc2Cl)sc2c1CCCCC2. The molecule has 0 radical (unpaired) electrons. The Bertz CT molecular complexity index is 913. The van der Waals surface area contributed by atoms with Crippen LogP contribution in [0.15, 0.2) is 18.2 Å². The van der Waals surface area contributed by atoms with E-state index in [4.69, 9.17) is 32.7 Å². The smallest absolute Gasteiger partial charge is 0.341 e. The maximum absolute atomic E-state index is 12.6. The lowest BCUT2D eigenvalue weighted by Gasteiger charge is -2.10. The van der Waals surface area contributed by atoms with Crippen molar-refractivity contribution < 1.29 is 19.1 Å². The van der Waals surface area contributed by atoms with Crippen molar-refractivity contribution >= 4 is 51.4 Å². The predicted octanol–water partition coefficient (Wildman–Crippen LogP) is 6.30. The summed E-state index contributed by atoms with van der Waals surface area (Å²) in [6.07, 6.45) is 5.90. The molecular formula is C22H25Cl2NO4S. The molecule has 30 heavy (non-hydrogen) atoms. The molecule has 1 N–H and O–H groups in total. The highest BCUT2D eigenvalue weighted by Crippen LogP contribution is 2.38. The van der Waals surface area contributed by atoms with E-state index in [0.717, 1.165) is 37.7 Å². The lowest BCUT2D eigenvalue weighted by molar-refractivity contribution is -0.116. The number of thiophene rings is 1. The van der Waals surface area contributed by atoms with E-state index >= 15 is 0 Å². The van der Waals surface area contributed by atoms with Crippen LogP contribution >= 0.6 is 34.5 Å². The number of amides is 1. The highest BCUT2D eigenvalue weighted by atomic mass is 35.5. The number of hydrogen-bond donors (Lipinski definition) is 1. The average molecular weight is 470 g/mol. The average Bonchev–Trinajstić information content (AvgIpc) is 2.87. The number of aryl methyl sites for hydroxylation is 1. The van der Waals surface area contributed by atoms with Crippen molar-refractivity contribution in [3.8, 4) is 5.75 Å². The lowest BCUT2D eigenvalue weighted by Crippen LogP contribution is -2.15. The number of rotatable bonds is 8. The third kappa shape index (κ3) is 5.90. The third-order valence-electron chi connectivity index (χ3n) is 4.85. The van der Waals surface area contributed by atoms with Gasteiger partial charge >= 0.3 is 5.97 Å². The van der Waals surface area contributed by atoms with Crippen molar-refractivity contribution in [2.45, 2.75) is 51.9 Å². The zero-order chi connectivity index (χ0) is 21.5. The topological polar surface area (TPSA) is 64.6 Å². The number of esters is 1. The number of fused-ring (bicyclic) bond motifs is 1. The van der Waals surface area contributed by atoms with Crippen LogP contribution in [0.3, 0.4) is 0 Å². The van der Waals surface area contributed by atoms with Gasteiger partial charge in [-0.1, -0.05) is 29.6 Å². The molecule has 0 aliphatic heterocycles. The van der Waals surface area contributed by atoms with Crippen LogP contribution in [-0.4, -0.2) is 25.1 Å². The minimum Gasteiger partial charge on any atom is -0.492 e. The summed E-state index contributed by atoms with van der Waals surface area (Å²) < 4.78 is 10.9. The van der Waals surface area contributed by atoms with Crippen molar-refractivity contribution in [2.24, 2.45) is 0 Å². The quantitative estimate of drug-likeness (QED) is 0.280. The molecule has 1 amide bonds. The largest absolute Gasteiger partial charge is 0.492 e. The number of ether oxygens (including phenoxy) is 2. The van der Waals surface area contributed by atoms with Crippen LogP contribution in [0.1, 0.15) is 59.8 Å². The fourth-order valence-corrected chi connectivity index (χ4v) is 5.20. The van der Waals surface area contributed by atoms with Crippen LogP contribution in [0.5, 0.6) is 5.75 Å². The van der Waals surface area contributed by atoms with Gasteiger partial charge in [-0.15, -0.1) is 11.3 Å². The van der Waals surface area contributed by atoms with Crippen molar-refractivity contribution in [2.75, 3.05) is 18.5 Å². The van der Waals surface area contributed by atoms with Gasteiger partial charge in [-0.05, 0) is 62.8 Å². The van der Waals surface area contributed by atoms with Gasteiger partial charge in [0, 0.05) is 16.3 Å². The summed E-state index contributed by atoms with van der Waals surface area (Å²) in [6, 6.07) is 5.02. The molecule has 1 aliphatic carbocycles. The van der Waals surface area contributed by atoms with Crippen molar-refractivity contribution in [3.05, 3.63) is 44.2 Å². The number of hydrogen-bond acceptors (Lipinski definition) is 5. The second-order valence-corrected chi connectivity index (χ2v) is 9.01.